The highest BCUT2D eigenvalue weighted by atomic mass is 79.9. The zero-order valence-electron chi connectivity index (χ0n) is 16.1. The molecule has 0 aliphatic heterocycles. The summed E-state index contributed by atoms with van der Waals surface area (Å²) in [4.78, 5) is 31.4. The van der Waals surface area contributed by atoms with Gasteiger partial charge in [-0.2, -0.15) is 0 Å². The Morgan fingerprint density at radius 1 is 1.28 bits per heavy atom. The number of thiazole rings is 1. The van der Waals surface area contributed by atoms with Crippen LogP contribution < -0.4 is 11.3 Å². The van der Waals surface area contributed by atoms with Gasteiger partial charge in [0.1, 0.15) is 29.5 Å². The highest BCUT2D eigenvalue weighted by Crippen LogP contribution is 2.39. The van der Waals surface area contributed by atoms with Crippen molar-refractivity contribution in [2.75, 3.05) is 12.0 Å². The van der Waals surface area contributed by atoms with Gasteiger partial charge in [0, 0.05) is 16.2 Å². The van der Waals surface area contributed by atoms with Gasteiger partial charge in [-0.25, -0.2) is 20.8 Å². The fraction of sp³-hybridized carbons (Fsp3) is 0.316. The number of nitrogen functional groups attached to an aromatic ring is 1. The Labute approximate surface area is 181 Å². The number of ether oxygens (including phenoxy) is 1. The fourth-order valence-electron chi connectivity index (χ4n) is 3.06. The molecule has 152 valence electrons. The molecule has 0 radical (unpaired) electrons. The van der Waals surface area contributed by atoms with E-state index >= 15 is 0 Å². The molecular weight excluding hydrogens is 456 g/mol. The van der Waals surface area contributed by atoms with E-state index in [0.29, 0.717) is 34.2 Å². The maximum Gasteiger partial charge on any atom is 0.320 e. The SMILES string of the molecule is CCCc1c(NN)ncnc1C(C(=O)OCC)c1scnc1-c1ncccc1Br. The van der Waals surface area contributed by atoms with Crippen LogP contribution in [-0.2, 0) is 16.0 Å². The first-order valence-corrected chi connectivity index (χ1v) is 10.8. The third-order valence-corrected chi connectivity index (χ3v) is 5.78. The smallest absolute Gasteiger partial charge is 0.320 e. The van der Waals surface area contributed by atoms with E-state index in [1.54, 1.807) is 18.6 Å². The molecule has 3 aromatic rings. The number of hydrogen-bond donors (Lipinski definition) is 2. The van der Waals surface area contributed by atoms with Crippen LogP contribution in [0.25, 0.3) is 11.4 Å². The van der Waals surface area contributed by atoms with E-state index in [0.717, 1.165) is 16.5 Å². The average Bonchev–Trinajstić information content (AvgIpc) is 3.19. The maximum atomic E-state index is 13.1. The Kier molecular flexibility index (Phi) is 7.24. The van der Waals surface area contributed by atoms with E-state index in [9.17, 15) is 4.79 Å². The summed E-state index contributed by atoms with van der Waals surface area (Å²) in [5.74, 6) is 5.00. The van der Waals surface area contributed by atoms with E-state index in [4.69, 9.17) is 10.6 Å². The van der Waals surface area contributed by atoms with E-state index in [2.05, 4.69) is 41.3 Å². The molecule has 0 spiro atoms. The largest absolute Gasteiger partial charge is 0.465 e. The number of carbonyl (C=O) groups excluding carboxylic acids is 1. The summed E-state index contributed by atoms with van der Waals surface area (Å²) in [6.45, 7) is 4.07. The number of rotatable bonds is 8. The van der Waals surface area contributed by atoms with Crippen molar-refractivity contribution in [1.29, 1.82) is 0 Å². The zero-order chi connectivity index (χ0) is 20.8. The van der Waals surface area contributed by atoms with Crippen molar-refractivity contribution >= 4 is 39.1 Å². The minimum Gasteiger partial charge on any atom is -0.465 e. The number of hydrazine groups is 1. The van der Waals surface area contributed by atoms with E-state index < -0.39 is 11.9 Å². The Bertz CT molecular complexity index is 996. The number of aromatic nitrogens is 4. The number of pyridine rings is 1. The normalized spacial score (nSPS) is 11.9. The quantitative estimate of drug-likeness (QED) is 0.287. The Morgan fingerprint density at radius 2 is 2.10 bits per heavy atom. The lowest BCUT2D eigenvalue weighted by Gasteiger charge is -2.19. The van der Waals surface area contributed by atoms with Crippen molar-refractivity contribution in [1.82, 2.24) is 19.9 Å². The second kappa shape index (κ2) is 9.86. The fourth-order valence-corrected chi connectivity index (χ4v) is 4.38. The summed E-state index contributed by atoms with van der Waals surface area (Å²) < 4.78 is 6.19. The van der Waals surface area contributed by atoms with Crippen molar-refractivity contribution in [3.8, 4) is 11.4 Å². The summed E-state index contributed by atoms with van der Waals surface area (Å²) in [7, 11) is 0. The molecule has 3 rings (SSSR count). The molecule has 0 saturated heterocycles. The topological polar surface area (TPSA) is 116 Å². The van der Waals surface area contributed by atoms with Gasteiger partial charge in [-0.05, 0) is 41.4 Å². The molecule has 1 unspecified atom stereocenters. The van der Waals surface area contributed by atoms with Crippen molar-refractivity contribution in [3.63, 3.8) is 0 Å². The van der Waals surface area contributed by atoms with Crippen LogP contribution in [0.2, 0.25) is 0 Å². The maximum absolute atomic E-state index is 13.1. The standard InChI is InChI=1S/C19H21BrN6O2S/c1-3-6-11-14(23-9-24-18(11)26-21)13(19(27)28-4-2)17-16(25-10-29-17)15-12(20)7-5-8-22-15/h5,7-10,13H,3-4,6,21H2,1-2H3,(H,23,24,26). The zero-order valence-corrected chi connectivity index (χ0v) is 18.5. The molecule has 3 heterocycles. The van der Waals surface area contributed by atoms with Gasteiger partial charge in [0.15, 0.2) is 0 Å². The van der Waals surface area contributed by atoms with Gasteiger partial charge in [0.2, 0.25) is 0 Å². The minimum atomic E-state index is -0.761. The Hall–Kier alpha value is -2.43. The third kappa shape index (κ3) is 4.44. The lowest BCUT2D eigenvalue weighted by Crippen LogP contribution is -2.22. The van der Waals surface area contributed by atoms with Crippen molar-refractivity contribution in [2.45, 2.75) is 32.6 Å². The van der Waals surface area contributed by atoms with Gasteiger partial charge >= 0.3 is 5.97 Å². The first-order chi connectivity index (χ1) is 14.1. The van der Waals surface area contributed by atoms with Crippen LogP contribution in [0, 0.1) is 0 Å². The Balaban J connectivity index is 2.22. The number of carbonyl (C=O) groups is 1. The number of halogens is 1. The van der Waals surface area contributed by atoms with Gasteiger partial charge < -0.3 is 10.2 Å². The molecular formula is C19H21BrN6O2S. The molecule has 0 amide bonds. The monoisotopic (exact) mass is 476 g/mol. The van der Waals surface area contributed by atoms with Crippen molar-refractivity contribution in [3.05, 3.63) is 50.8 Å². The van der Waals surface area contributed by atoms with Crippen LogP contribution in [0.4, 0.5) is 5.82 Å². The molecule has 0 bridgehead atoms. The number of nitrogens with one attached hydrogen (secondary N) is 1. The van der Waals surface area contributed by atoms with Crippen molar-refractivity contribution in [2.24, 2.45) is 5.84 Å². The molecule has 3 N–H and O–H groups in total. The lowest BCUT2D eigenvalue weighted by atomic mass is 9.94. The van der Waals surface area contributed by atoms with Crippen LogP contribution >= 0.6 is 27.3 Å². The highest BCUT2D eigenvalue weighted by molar-refractivity contribution is 9.10. The summed E-state index contributed by atoms with van der Waals surface area (Å²) in [6, 6.07) is 3.71. The molecule has 0 aliphatic carbocycles. The average molecular weight is 477 g/mol. The van der Waals surface area contributed by atoms with Gasteiger partial charge in [0.05, 0.1) is 22.7 Å². The summed E-state index contributed by atoms with van der Waals surface area (Å²) in [5, 5.41) is 0. The van der Waals surface area contributed by atoms with E-state index in [-0.39, 0.29) is 6.61 Å². The first-order valence-electron chi connectivity index (χ1n) is 9.13. The number of hydrogen-bond acceptors (Lipinski definition) is 9. The number of anilines is 1. The molecule has 29 heavy (non-hydrogen) atoms. The molecule has 3 aromatic heterocycles. The van der Waals surface area contributed by atoms with Crippen LogP contribution in [0.3, 0.4) is 0 Å². The molecule has 0 aliphatic rings. The van der Waals surface area contributed by atoms with Gasteiger partial charge in [-0.15, -0.1) is 11.3 Å². The molecule has 0 aromatic carbocycles. The molecule has 8 nitrogen and oxygen atoms in total. The Morgan fingerprint density at radius 3 is 2.79 bits per heavy atom. The minimum absolute atomic E-state index is 0.257. The summed E-state index contributed by atoms with van der Waals surface area (Å²) in [6.07, 6.45) is 4.58. The van der Waals surface area contributed by atoms with E-state index in [1.807, 2.05) is 19.1 Å². The van der Waals surface area contributed by atoms with Gasteiger partial charge in [-0.1, -0.05) is 13.3 Å². The first kappa shape index (κ1) is 21.3. The molecule has 1 atom stereocenters. The predicted molar refractivity (Wildman–Crippen MR) is 115 cm³/mol. The molecule has 0 fully saturated rings. The van der Waals surface area contributed by atoms with Crippen LogP contribution in [0.15, 0.2) is 34.6 Å². The van der Waals surface area contributed by atoms with E-state index in [1.165, 1.54) is 17.7 Å². The summed E-state index contributed by atoms with van der Waals surface area (Å²) >= 11 is 4.89. The highest BCUT2D eigenvalue weighted by Gasteiger charge is 2.34. The molecule has 10 heteroatoms. The lowest BCUT2D eigenvalue weighted by molar-refractivity contribution is -0.143. The van der Waals surface area contributed by atoms with Crippen LogP contribution in [0.5, 0.6) is 0 Å². The predicted octanol–water partition coefficient (Wildman–Crippen LogP) is 3.69. The second-order valence-corrected chi connectivity index (χ2v) is 7.81. The summed E-state index contributed by atoms with van der Waals surface area (Å²) in [5.41, 5.74) is 6.92. The van der Waals surface area contributed by atoms with Gasteiger partial charge in [0.25, 0.3) is 0 Å². The number of nitrogens with two attached hydrogens (primary N) is 1. The van der Waals surface area contributed by atoms with Crippen LogP contribution in [0.1, 0.15) is 42.3 Å². The second-order valence-electron chi connectivity index (χ2n) is 6.06. The number of nitrogens with zero attached hydrogens (tertiary/aromatic N) is 4. The van der Waals surface area contributed by atoms with Crippen molar-refractivity contribution < 1.29 is 9.53 Å². The van der Waals surface area contributed by atoms with Gasteiger partial charge in [-0.3, -0.25) is 9.78 Å². The molecule has 0 saturated carbocycles. The number of esters is 1. The van der Waals surface area contributed by atoms with Crippen LogP contribution in [-0.4, -0.2) is 32.5 Å². The third-order valence-electron chi connectivity index (χ3n) is 4.25.